The highest BCUT2D eigenvalue weighted by atomic mass is 35.5. The summed E-state index contributed by atoms with van der Waals surface area (Å²) < 4.78 is 5.53. The fraction of sp³-hybridized carbons (Fsp3) is 0.136. The maximum Gasteiger partial charge on any atom is 0.257 e. The molecule has 0 bridgehead atoms. The standard InChI is InChI=1S/C22H20ClNO3/c23-20-14-18(17-6-2-1-3-7-17)9-10-21(20)27-15-22(26)24-12-11-16-5-4-8-19(25)13-16/h1-10,13-14,25H,11-12,15H2,(H,24,26). The van der Waals surface area contributed by atoms with Crippen molar-refractivity contribution in [2.45, 2.75) is 6.42 Å². The van der Waals surface area contributed by atoms with E-state index in [0.717, 1.165) is 16.7 Å². The molecule has 4 nitrogen and oxygen atoms in total. The molecule has 27 heavy (non-hydrogen) atoms. The maximum absolute atomic E-state index is 11.9. The van der Waals surface area contributed by atoms with Crippen molar-refractivity contribution in [3.63, 3.8) is 0 Å². The predicted octanol–water partition coefficient (Wildman–Crippen LogP) is 4.45. The first-order valence-electron chi connectivity index (χ1n) is 8.64. The van der Waals surface area contributed by atoms with Gasteiger partial charge in [0, 0.05) is 6.54 Å². The number of carbonyl (C=O) groups is 1. The van der Waals surface area contributed by atoms with Gasteiger partial charge in [-0.2, -0.15) is 0 Å². The second-order valence-electron chi connectivity index (χ2n) is 6.07. The van der Waals surface area contributed by atoms with Crippen LogP contribution in [0.15, 0.2) is 72.8 Å². The van der Waals surface area contributed by atoms with Gasteiger partial charge < -0.3 is 15.2 Å². The van der Waals surface area contributed by atoms with Gasteiger partial charge in [-0.3, -0.25) is 4.79 Å². The minimum Gasteiger partial charge on any atom is -0.508 e. The van der Waals surface area contributed by atoms with Crippen LogP contribution in [0.3, 0.4) is 0 Å². The number of rotatable bonds is 7. The van der Waals surface area contributed by atoms with Crippen molar-refractivity contribution in [3.05, 3.63) is 83.4 Å². The largest absolute Gasteiger partial charge is 0.508 e. The molecule has 0 aliphatic rings. The Morgan fingerprint density at radius 3 is 2.52 bits per heavy atom. The molecule has 3 aromatic rings. The fourth-order valence-corrected chi connectivity index (χ4v) is 2.92. The average Bonchev–Trinajstić information content (AvgIpc) is 2.68. The van der Waals surface area contributed by atoms with Gasteiger partial charge in [0.2, 0.25) is 0 Å². The molecule has 5 heteroatoms. The number of benzene rings is 3. The zero-order valence-electron chi connectivity index (χ0n) is 14.7. The smallest absolute Gasteiger partial charge is 0.257 e. The molecule has 3 aromatic carbocycles. The molecule has 0 radical (unpaired) electrons. The van der Waals surface area contributed by atoms with Crippen molar-refractivity contribution in [3.8, 4) is 22.6 Å². The Balaban J connectivity index is 1.48. The lowest BCUT2D eigenvalue weighted by Crippen LogP contribution is -2.30. The number of nitrogens with one attached hydrogen (secondary N) is 1. The Morgan fingerprint density at radius 2 is 1.78 bits per heavy atom. The molecule has 2 N–H and O–H groups in total. The average molecular weight is 382 g/mol. The molecule has 0 spiro atoms. The third-order valence-corrected chi connectivity index (χ3v) is 4.34. The monoisotopic (exact) mass is 381 g/mol. The van der Waals surface area contributed by atoms with E-state index in [9.17, 15) is 9.90 Å². The summed E-state index contributed by atoms with van der Waals surface area (Å²) in [4.78, 5) is 11.9. The second-order valence-corrected chi connectivity index (χ2v) is 6.48. The molecule has 138 valence electrons. The molecule has 0 saturated heterocycles. The highest BCUT2D eigenvalue weighted by molar-refractivity contribution is 6.32. The first-order valence-corrected chi connectivity index (χ1v) is 9.02. The quantitative estimate of drug-likeness (QED) is 0.635. The van der Waals surface area contributed by atoms with Crippen LogP contribution in [0.2, 0.25) is 5.02 Å². The van der Waals surface area contributed by atoms with Crippen LogP contribution in [0.5, 0.6) is 11.5 Å². The first-order chi connectivity index (χ1) is 13.1. The van der Waals surface area contributed by atoms with E-state index < -0.39 is 0 Å². The van der Waals surface area contributed by atoms with Crippen molar-refractivity contribution in [2.75, 3.05) is 13.2 Å². The third-order valence-electron chi connectivity index (χ3n) is 4.04. The number of phenols is 1. The molecule has 0 aliphatic carbocycles. The summed E-state index contributed by atoms with van der Waals surface area (Å²) in [7, 11) is 0. The van der Waals surface area contributed by atoms with E-state index in [0.29, 0.717) is 23.7 Å². The first kappa shape index (κ1) is 18.8. The van der Waals surface area contributed by atoms with Gasteiger partial charge in [-0.15, -0.1) is 0 Å². The Morgan fingerprint density at radius 1 is 0.963 bits per heavy atom. The van der Waals surface area contributed by atoms with Crippen LogP contribution in [-0.4, -0.2) is 24.2 Å². The van der Waals surface area contributed by atoms with Crippen LogP contribution in [0.4, 0.5) is 0 Å². The molecule has 0 fully saturated rings. The van der Waals surface area contributed by atoms with Gasteiger partial charge in [0.25, 0.3) is 5.91 Å². The predicted molar refractivity (Wildman–Crippen MR) is 107 cm³/mol. The van der Waals surface area contributed by atoms with Crippen molar-refractivity contribution >= 4 is 17.5 Å². The lowest BCUT2D eigenvalue weighted by atomic mass is 10.1. The molecule has 0 saturated carbocycles. The van der Waals surface area contributed by atoms with Crippen molar-refractivity contribution in [1.29, 1.82) is 0 Å². The Hall–Kier alpha value is -2.98. The van der Waals surface area contributed by atoms with E-state index in [4.69, 9.17) is 16.3 Å². The molecule has 0 aromatic heterocycles. The summed E-state index contributed by atoms with van der Waals surface area (Å²) in [5.74, 6) is 0.466. The molecule has 0 unspecified atom stereocenters. The van der Waals surface area contributed by atoms with Gasteiger partial charge in [0.15, 0.2) is 6.61 Å². The topological polar surface area (TPSA) is 58.6 Å². The number of phenolic OH excluding ortho intramolecular Hbond substituents is 1. The van der Waals surface area contributed by atoms with Gasteiger partial charge in [-0.05, 0) is 47.4 Å². The zero-order valence-corrected chi connectivity index (χ0v) is 15.4. The molecule has 1 amide bonds. The summed E-state index contributed by atoms with van der Waals surface area (Å²) >= 11 is 6.28. The lowest BCUT2D eigenvalue weighted by Gasteiger charge is -2.10. The molecular weight excluding hydrogens is 362 g/mol. The van der Waals surface area contributed by atoms with E-state index in [1.807, 2.05) is 48.5 Å². The van der Waals surface area contributed by atoms with E-state index in [1.165, 1.54) is 0 Å². The highest BCUT2D eigenvalue weighted by Gasteiger charge is 2.08. The number of hydrogen-bond donors (Lipinski definition) is 2. The third kappa shape index (κ3) is 5.50. The lowest BCUT2D eigenvalue weighted by molar-refractivity contribution is -0.123. The molecule has 0 atom stereocenters. The minimum atomic E-state index is -0.224. The van der Waals surface area contributed by atoms with E-state index in [-0.39, 0.29) is 18.3 Å². The number of ether oxygens (including phenoxy) is 1. The van der Waals surface area contributed by atoms with Gasteiger partial charge in [-0.25, -0.2) is 0 Å². The van der Waals surface area contributed by atoms with Crippen LogP contribution in [0.1, 0.15) is 5.56 Å². The molecule has 0 aliphatic heterocycles. The second kappa shape index (κ2) is 9.10. The van der Waals surface area contributed by atoms with E-state index in [1.54, 1.807) is 24.3 Å². The Kier molecular flexibility index (Phi) is 6.34. The Labute approximate surface area is 163 Å². The van der Waals surface area contributed by atoms with Crippen LogP contribution in [0.25, 0.3) is 11.1 Å². The van der Waals surface area contributed by atoms with Crippen LogP contribution in [-0.2, 0) is 11.2 Å². The van der Waals surface area contributed by atoms with Crippen molar-refractivity contribution in [2.24, 2.45) is 0 Å². The minimum absolute atomic E-state index is 0.107. The Bertz CT molecular complexity index is 912. The van der Waals surface area contributed by atoms with Gasteiger partial charge >= 0.3 is 0 Å². The number of aromatic hydroxyl groups is 1. The normalized spacial score (nSPS) is 10.4. The number of hydrogen-bond acceptors (Lipinski definition) is 3. The van der Waals surface area contributed by atoms with Gasteiger partial charge in [0.05, 0.1) is 5.02 Å². The molecular formula is C22H20ClNO3. The van der Waals surface area contributed by atoms with Crippen molar-refractivity contribution < 1.29 is 14.6 Å². The summed E-state index contributed by atoms with van der Waals surface area (Å²) in [6.45, 7) is 0.358. The summed E-state index contributed by atoms with van der Waals surface area (Å²) in [6, 6.07) is 22.4. The SMILES string of the molecule is O=C(COc1ccc(-c2ccccc2)cc1Cl)NCCc1cccc(O)c1. The zero-order chi connectivity index (χ0) is 19.1. The van der Waals surface area contributed by atoms with Crippen LogP contribution < -0.4 is 10.1 Å². The van der Waals surface area contributed by atoms with Crippen LogP contribution >= 0.6 is 11.6 Å². The van der Waals surface area contributed by atoms with Gasteiger partial charge in [-0.1, -0.05) is 60.1 Å². The number of halogens is 1. The summed E-state index contributed by atoms with van der Waals surface area (Å²) in [5, 5.41) is 12.7. The fourth-order valence-electron chi connectivity index (χ4n) is 2.68. The van der Waals surface area contributed by atoms with E-state index in [2.05, 4.69) is 5.32 Å². The van der Waals surface area contributed by atoms with Crippen LogP contribution in [0, 0.1) is 0 Å². The number of carbonyl (C=O) groups excluding carboxylic acids is 1. The van der Waals surface area contributed by atoms with Gasteiger partial charge in [0.1, 0.15) is 11.5 Å². The van der Waals surface area contributed by atoms with E-state index >= 15 is 0 Å². The summed E-state index contributed by atoms with van der Waals surface area (Å²) in [5.41, 5.74) is 3.01. The molecule has 3 rings (SSSR count). The summed E-state index contributed by atoms with van der Waals surface area (Å²) in [6.07, 6.45) is 0.632. The maximum atomic E-state index is 11.9. The molecule has 0 heterocycles. The van der Waals surface area contributed by atoms with Crippen molar-refractivity contribution in [1.82, 2.24) is 5.32 Å². The highest BCUT2D eigenvalue weighted by Crippen LogP contribution is 2.30. The number of amides is 1.